The van der Waals surface area contributed by atoms with E-state index in [-0.39, 0.29) is 0 Å². The van der Waals surface area contributed by atoms with Crippen molar-refractivity contribution in [2.45, 2.75) is 25.7 Å². The van der Waals surface area contributed by atoms with Crippen LogP contribution < -0.4 is 20.9 Å². The van der Waals surface area contributed by atoms with Crippen molar-refractivity contribution < 1.29 is 9.47 Å². The molecule has 0 aromatic heterocycles. The minimum Gasteiger partial charge on any atom is -0.493 e. The number of rotatable bonds is 6. The number of nitrogen functional groups attached to an aromatic ring is 2. The van der Waals surface area contributed by atoms with Crippen molar-refractivity contribution in [3.63, 3.8) is 0 Å². The maximum absolute atomic E-state index is 5.88. The molecule has 0 unspecified atom stereocenters. The van der Waals surface area contributed by atoms with E-state index in [9.17, 15) is 0 Å². The minimum atomic E-state index is 0.635. The molecule has 1 aliphatic rings. The van der Waals surface area contributed by atoms with Gasteiger partial charge in [-0.15, -0.1) is 0 Å². The Morgan fingerprint density at radius 3 is 1.29 bits per heavy atom. The molecular formula is C20H26N2O2. The Morgan fingerprint density at radius 1 is 0.625 bits per heavy atom. The highest BCUT2D eigenvalue weighted by atomic mass is 16.5. The van der Waals surface area contributed by atoms with Gasteiger partial charge in [-0.1, -0.05) is 0 Å². The number of benzene rings is 2. The second-order valence-electron chi connectivity index (χ2n) is 6.65. The Labute approximate surface area is 143 Å². The van der Waals surface area contributed by atoms with Gasteiger partial charge in [-0.05, 0) is 86.1 Å². The number of ether oxygens (including phenoxy) is 2. The monoisotopic (exact) mass is 326 g/mol. The zero-order valence-corrected chi connectivity index (χ0v) is 14.0. The van der Waals surface area contributed by atoms with Gasteiger partial charge in [0, 0.05) is 11.4 Å². The maximum Gasteiger partial charge on any atom is 0.119 e. The third kappa shape index (κ3) is 4.82. The zero-order chi connectivity index (χ0) is 16.8. The Kier molecular flexibility index (Phi) is 5.47. The average Bonchev–Trinajstić information content (AvgIpc) is 2.62. The van der Waals surface area contributed by atoms with E-state index < -0.39 is 0 Å². The van der Waals surface area contributed by atoms with E-state index >= 15 is 0 Å². The van der Waals surface area contributed by atoms with Crippen LogP contribution in [0.3, 0.4) is 0 Å². The van der Waals surface area contributed by atoms with Gasteiger partial charge in [0.25, 0.3) is 0 Å². The van der Waals surface area contributed by atoms with E-state index in [1.165, 1.54) is 25.7 Å². The lowest BCUT2D eigenvalue weighted by molar-refractivity contribution is 0.148. The Bertz CT molecular complexity index is 560. The van der Waals surface area contributed by atoms with Crippen LogP contribution in [-0.2, 0) is 0 Å². The van der Waals surface area contributed by atoms with Crippen molar-refractivity contribution >= 4 is 11.4 Å². The number of anilines is 2. The normalized spacial score (nSPS) is 20.5. The van der Waals surface area contributed by atoms with E-state index in [0.29, 0.717) is 11.8 Å². The molecule has 0 atom stereocenters. The first kappa shape index (κ1) is 16.5. The summed E-state index contributed by atoms with van der Waals surface area (Å²) in [6.07, 6.45) is 4.80. The van der Waals surface area contributed by atoms with Gasteiger partial charge in [0.05, 0.1) is 13.2 Å². The van der Waals surface area contributed by atoms with Gasteiger partial charge < -0.3 is 20.9 Å². The second kappa shape index (κ2) is 7.95. The average molecular weight is 326 g/mol. The summed E-state index contributed by atoms with van der Waals surface area (Å²) in [5, 5.41) is 0. The van der Waals surface area contributed by atoms with Gasteiger partial charge in [-0.3, -0.25) is 0 Å². The molecule has 1 saturated carbocycles. The lowest BCUT2D eigenvalue weighted by Crippen LogP contribution is -2.23. The molecule has 0 bridgehead atoms. The van der Waals surface area contributed by atoms with Crippen LogP contribution in [-0.4, -0.2) is 13.2 Å². The van der Waals surface area contributed by atoms with Crippen LogP contribution in [0.5, 0.6) is 11.5 Å². The molecule has 0 radical (unpaired) electrons. The topological polar surface area (TPSA) is 70.5 Å². The molecule has 2 aromatic rings. The molecule has 4 nitrogen and oxygen atoms in total. The summed E-state index contributed by atoms with van der Waals surface area (Å²) >= 11 is 0. The van der Waals surface area contributed by atoms with Gasteiger partial charge in [-0.2, -0.15) is 0 Å². The molecule has 4 N–H and O–H groups in total. The maximum atomic E-state index is 5.88. The van der Waals surface area contributed by atoms with Crippen LogP contribution >= 0.6 is 0 Å². The molecule has 0 heterocycles. The van der Waals surface area contributed by atoms with E-state index in [0.717, 1.165) is 36.1 Å². The lowest BCUT2D eigenvalue weighted by atomic mass is 9.83. The van der Waals surface area contributed by atoms with Crippen molar-refractivity contribution in [1.82, 2.24) is 0 Å². The largest absolute Gasteiger partial charge is 0.493 e. The van der Waals surface area contributed by atoms with Crippen molar-refractivity contribution in [3.05, 3.63) is 48.5 Å². The highest BCUT2D eigenvalue weighted by Gasteiger charge is 2.22. The molecule has 0 aliphatic heterocycles. The van der Waals surface area contributed by atoms with Gasteiger partial charge >= 0.3 is 0 Å². The quantitative estimate of drug-likeness (QED) is 0.784. The summed E-state index contributed by atoms with van der Waals surface area (Å²) in [7, 11) is 0. The highest BCUT2D eigenvalue weighted by molar-refractivity contribution is 5.42. The van der Waals surface area contributed by atoms with Gasteiger partial charge in [0.15, 0.2) is 0 Å². The Balaban J connectivity index is 1.36. The smallest absolute Gasteiger partial charge is 0.119 e. The number of nitrogens with two attached hydrogens (primary N) is 2. The third-order valence-electron chi connectivity index (χ3n) is 4.70. The molecule has 24 heavy (non-hydrogen) atoms. The standard InChI is InChI=1S/C20H26N2O2/c21-17-5-9-19(10-6-17)23-13-15-1-2-16(4-3-15)14-24-20-11-7-18(22)8-12-20/h5-12,15-16H,1-4,13-14,21-22H2. The van der Waals surface area contributed by atoms with Crippen LogP contribution in [0.4, 0.5) is 11.4 Å². The number of hydrogen-bond acceptors (Lipinski definition) is 4. The molecule has 1 aliphatic carbocycles. The van der Waals surface area contributed by atoms with Crippen LogP contribution in [0.1, 0.15) is 25.7 Å². The van der Waals surface area contributed by atoms with Crippen molar-refractivity contribution in [3.8, 4) is 11.5 Å². The molecule has 4 heteroatoms. The molecular weight excluding hydrogens is 300 g/mol. The molecule has 1 fully saturated rings. The fraction of sp³-hybridized carbons (Fsp3) is 0.400. The first-order chi connectivity index (χ1) is 11.7. The summed E-state index contributed by atoms with van der Waals surface area (Å²) in [6, 6.07) is 15.2. The van der Waals surface area contributed by atoms with Crippen LogP contribution in [0.25, 0.3) is 0 Å². The van der Waals surface area contributed by atoms with E-state index in [1.54, 1.807) is 0 Å². The van der Waals surface area contributed by atoms with Gasteiger partial charge in [0.1, 0.15) is 11.5 Å². The van der Waals surface area contributed by atoms with Crippen LogP contribution in [0, 0.1) is 11.8 Å². The number of hydrogen-bond donors (Lipinski definition) is 2. The lowest BCUT2D eigenvalue weighted by Gasteiger charge is -2.28. The van der Waals surface area contributed by atoms with E-state index in [2.05, 4.69) is 0 Å². The second-order valence-corrected chi connectivity index (χ2v) is 6.65. The molecule has 2 aromatic carbocycles. The minimum absolute atomic E-state index is 0.635. The summed E-state index contributed by atoms with van der Waals surface area (Å²) in [6.45, 7) is 1.57. The predicted octanol–water partition coefficient (Wildman–Crippen LogP) is 4.12. The molecule has 128 valence electrons. The summed E-state index contributed by atoms with van der Waals surface area (Å²) in [5.41, 5.74) is 12.9. The van der Waals surface area contributed by atoms with Gasteiger partial charge in [-0.25, -0.2) is 0 Å². The summed E-state index contributed by atoms with van der Waals surface area (Å²) < 4.78 is 11.8. The first-order valence-electron chi connectivity index (χ1n) is 8.66. The Hall–Kier alpha value is -2.36. The first-order valence-corrected chi connectivity index (χ1v) is 8.66. The summed E-state index contributed by atoms with van der Waals surface area (Å²) in [4.78, 5) is 0. The molecule has 0 saturated heterocycles. The van der Waals surface area contributed by atoms with Crippen molar-refractivity contribution in [2.24, 2.45) is 11.8 Å². The van der Waals surface area contributed by atoms with Crippen LogP contribution in [0.2, 0.25) is 0 Å². The zero-order valence-electron chi connectivity index (χ0n) is 14.0. The molecule has 3 rings (SSSR count). The molecule has 0 amide bonds. The van der Waals surface area contributed by atoms with Gasteiger partial charge in [0.2, 0.25) is 0 Å². The van der Waals surface area contributed by atoms with E-state index in [1.807, 2.05) is 48.5 Å². The predicted molar refractivity (Wildman–Crippen MR) is 98.1 cm³/mol. The third-order valence-corrected chi connectivity index (χ3v) is 4.70. The molecule has 0 spiro atoms. The van der Waals surface area contributed by atoms with E-state index in [4.69, 9.17) is 20.9 Å². The fourth-order valence-electron chi connectivity index (χ4n) is 3.12. The fourth-order valence-corrected chi connectivity index (χ4v) is 3.12. The van der Waals surface area contributed by atoms with Crippen LogP contribution in [0.15, 0.2) is 48.5 Å². The van der Waals surface area contributed by atoms with Crippen molar-refractivity contribution in [2.75, 3.05) is 24.7 Å². The highest BCUT2D eigenvalue weighted by Crippen LogP contribution is 2.30. The van der Waals surface area contributed by atoms with Crippen molar-refractivity contribution in [1.29, 1.82) is 0 Å². The SMILES string of the molecule is Nc1ccc(OCC2CCC(COc3ccc(N)cc3)CC2)cc1. The Morgan fingerprint density at radius 2 is 0.958 bits per heavy atom. The summed E-state index contributed by atoms with van der Waals surface area (Å²) in [5.74, 6) is 3.07.